The van der Waals surface area contributed by atoms with Gasteiger partial charge in [0.05, 0.1) is 0 Å². The highest BCUT2D eigenvalue weighted by Gasteiger charge is 2.11. The first-order valence-corrected chi connectivity index (χ1v) is 7.75. The minimum Gasteiger partial charge on any atom is -0.508 e. The molecule has 2 aromatic rings. The van der Waals surface area contributed by atoms with Crippen LogP contribution in [0.1, 0.15) is 30.0 Å². The molecule has 0 aliphatic carbocycles. The summed E-state index contributed by atoms with van der Waals surface area (Å²) in [4.78, 5) is 0. The predicted molar refractivity (Wildman–Crippen MR) is 88.8 cm³/mol. The van der Waals surface area contributed by atoms with E-state index in [9.17, 15) is 5.11 Å². The molecule has 2 rings (SSSR count). The predicted octanol–water partition coefficient (Wildman–Crippen LogP) is 3.85. The first-order chi connectivity index (χ1) is 10.2. The third-order valence-electron chi connectivity index (χ3n) is 3.83. The second-order valence-corrected chi connectivity index (χ2v) is 5.65. The van der Waals surface area contributed by atoms with E-state index in [0.29, 0.717) is 11.8 Å². The highest BCUT2D eigenvalue weighted by atomic mass is 16.3. The van der Waals surface area contributed by atoms with Gasteiger partial charge in [-0.05, 0) is 61.6 Å². The second-order valence-electron chi connectivity index (χ2n) is 5.65. The lowest BCUT2D eigenvalue weighted by atomic mass is 9.96. The van der Waals surface area contributed by atoms with E-state index in [0.717, 1.165) is 25.8 Å². The van der Waals surface area contributed by atoms with E-state index in [-0.39, 0.29) is 0 Å². The normalized spacial score (nSPS) is 12.3. The van der Waals surface area contributed by atoms with Crippen molar-refractivity contribution in [2.45, 2.75) is 39.2 Å². The lowest BCUT2D eigenvalue weighted by Crippen LogP contribution is -2.34. The largest absolute Gasteiger partial charge is 0.508 e. The highest BCUT2D eigenvalue weighted by Crippen LogP contribution is 2.15. The monoisotopic (exact) mass is 283 g/mol. The lowest BCUT2D eigenvalue weighted by Gasteiger charge is -2.20. The lowest BCUT2D eigenvalue weighted by molar-refractivity contribution is 0.474. The summed E-state index contributed by atoms with van der Waals surface area (Å²) in [5.74, 6) is 0.329. The smallest absolute Gasteiger partial charge is 0.115 e. The van der Waals surface area contributed by atoms with Gasteiger partial charge in [-0.2, -0.15) is 0 Å². The van der Waals surface area contributed by atoms with Crippen LogP contribution in [-0.4, -0.2) is 17.7 Å². The zero-order valence-electron chi connectivity index (χ0n) is 13.0. The molecule has 0 fully saturated rings. The standard InChI is InChI=1S/C19H25NO/c1-3-12-20-18(13-16-8-10-19(21)11-9-16)14-17-7-5-4-6-15(17)2/h4-11,18,20-21H,3,12-14H2,1-2H3. The molecule has 2 aromatic carbocycles. The van der Waals surface area contributed by atoms with Crippen molar-refractivity contribution in [3.63, 3.8) is 0 Å². The van der Waals surface area contributed by atoms with Gasteiger partial charge in [-0.15, -0.1) is 0 Å². The molecule has 0 aromatic heterocycles. The number of phenols is 1. The van der Waals surface area contributed by atoms with Crippen molar-refractivity contribution in [1.82, 2.24) is 5.32 Å². The van der Waals surface area contributed by atoms with Crippen molar-refractivity contribution in [3.8, 4) is 5.75 Å². The summed E-state index contributed by atoms with van der Waals surface area (Å²) >= 11 is 0. The Kier molecular flexibility index (Phi) is 5.82. The van der Waals surface area contributed by atoms with Crippen LogP contribution in [0.5, 0.6) is 5.75 Å². The molecular formula is C19H25NO. The van der Waals surface area contributed by atoms with Gasteiger partial charge in [0, 0.05) is 6.04 Å². The molecule has 0 bridgehead atoms. The van der Waals surface area contributed by atoms with Gasteiger partial charge >= 0.3 is 0 Å². The van der Waals surface area contributed by atoms with Gasteiger partial charge in [0.2, 0.25) is 0 Å². The van der Waals surface area contributed by atoms with Crippen LogP contribution in [0, 0.1) is 6.92 Å². The topological polar surface area (TPSA) is 32.3 Å². The number of hydrogen-bond acceptors (Lipinski definition) is 2. The van der Waals surface area contributed by atoms with Gasteiger partial charge in [0.1, 0.15) is 5.75 Å². The second kappa shape index (κ2) is 7.84. The fourth-order valence-electron chi connectivity index (χ4n) is 2.59. The average Bonchev–Trinajstić information content (AvgIpc) is 2.49. The molecule has 112 valence electrons. The maximum Gasteiger partial charge on any atom is 0.115 e. The minimum atomic E-state index is 0.329. The van der Waals surface area contributed by atoms with Crippen LogP contribution in [0.25, 0.3) is 0 Å². The van der Waals surface area contributed by atoms with Gasteiger partial charge in [0.25, 0.3) is 0 Å². The zero-order chi connectivity index (χ0) is 15.1. The molecule has 0 saturated carbocycles. The average molecular weight is 283 g/mol. The molecule has 0 radical (unpaired) electrons. The number of phenolic OH excluding ortho intramolecular Hbond substituents is 1. The van der Waals surface area contributed by atoms with Crippen LogP contribution in [0.2, 0.25) is 0 Å². The third kappa shape index (κ3) is 4.91. The highest BCUT2D eigenvalue weighted by molar-refractivity contribution is 5.29. The van der Waals surface area contributed by atoms with Gasteiger partial charge in [-0.3, -0.25) is 0 Å². The zero-order valence-corrected chi connectivity index (χ0v) is 13.0. The third-order valence-corrected chi connectivity index (χ3v) is 3.83. The van der Waals surface area contributed by atoms with E-state index < -0.39 is 0 Å². The van der Waals surface area contributed by atoms with Gasteiger partial charge in [0.15, 0.2) is 0 Å². The maximum atomic E-state index is 9.39. The molecular weight excluding hydrogens is 258 g/mol. The molecule has 0 aliphatic rings. The summed E-state index contributed by atoms with van der Waals surface area (Å²) in [5, 5.41) is 13.0. The number of aromatic hydroxyl groups is 1. The van der Waals surface area contributed by atoms with Gasteiger partial charge in [-0.1, -0.05) is 43.3 Å². The van der Waals surface area contributed by atoms with E-state index in [4.69, 9.17) is 0 Å². The Morgan fingerprint density at radius 1 is 1.00 bits per heavy atom. The molecule has 2 nitrogen and oxygen atoms in total. The van der Waals surface area contributed by atoms with Crippen molar-refractivity contribution < 1.29 is 5.11 Å². The fourth-order valence-corrected chi connectivity index (χ4v) is 2.59. The van der Waals surface area contributed by atoms with Crippen LogP contribution in [0.15, 0.2) is 48.5 Å². The van der Waals surface area contributed by atoms with Crippen LogP contribution in [-0.2, 0) is 12.8 Å². The van der Waals surface area contributed by atoms with Crippen molar-refractivity contribution in [2.75, 3.05) is 6.54 Å². The van der Waals surface area contributed by atoms with E-state index in [2.05, 4.69) is 43.4 Å². The van der Waals surface area contributed by atoms with Crippen LogP contribution in [0.4, 0.5) is 0 Å². The Balaban J connectivity index is 2.07. The summed E-state index contributed by atoms with van der Waals surface area (Å²) in [5.41, 5.74) is 4.02. The van der Waals surface area contributed by atoms with Crippen molar-refractivity contribution in [3.05, 3.63) is 65.2 Å². The molecule has 1 atom stereocenters. The molecule has 0 amide bonds. The van der Waals surface area contributed by atoms with E-state index in [1.54, 1.807) is 12.1 Å². The number of rotatable bonds is 7. The van der Waals surface area contributed by atoms with E-state index in [1.165, 1.54) is 16.7 Å². The molecule has 1 unspecified atom stereocenters. The van der Waals surface area contributed by atoms with E-state index in [1.807, 2.05) is 12.1 Å². The number of nitrogens with one attached hydrogen (secondary N) is 1. The van der Waals surface area contributed by atoms with Crippen molar-refractivity contribution >= 4 is 0 Å². The Labute approximate surface area is 127 Å². The summed E-state index contributed by atoms with van der Waals surface area (Å²) in [7, 11) is 0. The molecule has 0 spiro atoms. The Hall–Kier alpha value is -1.80. The van der Waals surface area contributed by atoms with Gasteiger partial charge < -0.3 is 10.4 Å². The number of aryl methyl sites for hydroxylation is 1. The summed E-state index contributed by atoms with van der Waals surface area (Å²) in [6, 6.07) is 16.6. The number of benzene rings is 2. The first kappa shape index (κ1) is 15.6. The van der Waals surface area contributed by atoms with Crippen molar-refractivity contribution in [1.29, 1.82) is 0 Å². The maximum absolute atomic E-state index is 9.39. The van der Waals surface area contributed by atoms with E-state index >= 15 is 0 Å². The first-order valence-electron chi connectivity index (χ1n) is 7.75. The minimum absolute atomic E-state index is 0.329. The summed E-state index contributed by atoms with van der Waals surface area (Å²) in [6.07, 6.45) is 3.15. The van der Waals surface area contributed by atoms with Crippen LogP contribution in [0.3, 0.4) is 0 Å². The Bertz CT molecular complexity index is 548. The fraction of sp³-hybridized carbons (Fsp3) is 0.368. The SMILES string of the molecule is CCCNC(Cc1ccc(O)cc1)Cc1ccccc1C. The molecule has 0 saturated heterocycles. The Morgan fingerprint density at radius 3 is 2.38 bits per heavy atom. The van der Waals surface area contributed by atoms with Crippen LogP contribution >= 0.6 is 0 Å². The quantitative estimate of drug-likeness (QED) is 0.809. The van der Waals surface area contributed by atoms with Gasteiger partial charge in [-0.25, -0.2) is 0 Å². The molecule has 0 heterocycles. The van der Waals surface area contributed by atoms with Crippen molar-refractivity contribution in [2.24, 2.45) is 0 Å². The van der Waals surface area contributed by atoms with Crippen LogP contribution < -0.4 is 5.32 Å². The molecule has 2 N–H and O–H groups in total. The summed E-state index contributed by atoms with van der Waals surface area (Å²) < 4.78 is 0. The summed E-state index contributed by atoms with van der Waals surface area (Å²) in [6.45, 7) is 5.40. The Morgan fingerprint density at radius 2 is 1.71 bits per heavy atom. The molecule has 2 heteroatoms. The molecule has 21 heavy (non-hydrogen) atoms. The number of hydrogen-bond donors (Lipinski definition) is 2. The molecule has 0 aliphatic heterocycles.